The van der Waals surface area contributed by atoms with Crippen molar-refractivity contribution in [2.75, 3.05) is 0 Å². The van der Waals surface area contributed by atoms with Crippen LogP contribution in [0.5, 0.6) is 23.0 Å². The van der Waals surface area contributed by atoms with Crippen molar-refractivity contribution in [3.05, 3.63) is 135 Å². The summed E-state index contributed by atoms with van der Waals surface area (Å²) in [5.74, 6) is 2.46. The van der Waals surface area contributed by atoms with Crippen LogP contribution in [-0.2, 0) is 0 Å². The number of benzene rings is 5. The van der Waals surface area contributed by atoms with E-state index in [1.165, 1.54) is 6.07 Å². The van der Waals surface area contributed by atoms with Crippen LogP contribution in [-0.4, -0.2) is 4.92 Å². The molecular formula is C31H16N2O4. The van der Waals surface area contributed by atoms with Gasteiger partial charge >= 0.3 is 0 Å². The lowest BCUT2D eigenvalue weighted by Crippen LogP contribution is -2.10. The molecule has 0 aromatic heterocycles. The van der Waals surface area contributed by atoms with Gasteiger partial charge in [-0.25, -0.2) is 0 Å². The second kappa shape index (κ2) is 7.80. The quantitative estimate of drug-likeness (QED) is 0.176. The van der Waals surface area contributed by atoms with Gasteiger partial charge in [0.05, 0.1) is 16.6 Å². The van der Waals surface area contributed by atoms with Crippen molar-refractivity contribution in [2.45, 2.75) is 0 Å². The molecule has 7 rings (SSSR count). The summed E-state index contributed by atoms with van der Waals surface area (Å²) in [5, 5.41) is 23.5. The van der Waals surface area contributed by atoms with Crippen LogP contribution in [0.4, 0.5) is 5.69 Å². The summed E-state index contributed by atoms with van der Waals surface area (Å²) in [5.41, 5.74) is 5.11. The Bertz CT molecular complexity index is 1880. The minimum atomic E-state index is -0.402. The Morgan fingerprint density at radius 2 is 1.35 bits per heavy atom. The maximum atomic E-state index is 11.8. The molecule has 0 fully saturated rings. The van der Waals surface area contributed by atoms with Gasteiger partial charge in [-0.2, -0.15) is 5.26 Å². The zero-order valence-corrected chi connectivity index (χ0v) is 19.3. The van der Waals surface area contributed by atoms with E-state index in [0.717, 1.165) is 38.6 Å². The molecule has 6 nitrogen and oxygen atoms in total. The SMILES string of the molecule is N#Cc1ccc2c(c1)/C(=C1/c3cc([N+](=O)[O-])ccc3Oc3ccc4ccccc4c31)c1ccccc1O2. The number of nitriles is 1. The Hall–Kier alpha value is -5.41. The fourth-order valence-corrected chi connectivity index (χ4v) is 5.20. The Morgan fingerprint density at radius 1 is 0.676 bits per heavy atom. The molecule has 0 spiro atoms. The number of hydrogen-bond acceptors (Lipinski definition) is 5. The van der Waals surface area contributed by atoms with E-state index in [4.69, 9.17) is 9.47 Å². The molecule has 174 valence electrons. The maximum absolute atomic E-state index is 11.8. The Kier molecular flexibility index (Phi) is 4.41. The van der Waals surface area contributed by atoms with Crippen molar-refractivity contribution >= 4 is 27.6 Å². The standard InChI is InChI=1S/C31H16N2O4/c32-17-18-9-12-26-23(15-18)29(22-7-3-4-8-25(22)36-26)31-24-16-20(33(34)35)11-14-27(24)37-28-13-10-19-5-1-2-6-21(19)30(28)31/h1-16H/b31-29-. The molecule has 0 aliphatic carbocycles. The Balaban J connectivity index is 1.71. The van der Waals surface area contributed by atoms with Gasteiger partial charge in [0.2, 0.25) is 0 Å². The second-order valence-electron chi connectivity index (χ2n) is 8.87. The van der Waals surface area contributed by atoms with E-state index in [2.05, 4.69) is 6.07 Å². The van der Waals surface area contributed by atoms with Crippen LogP contribution in [0, 0.1) is 21.4 Å². The number of nitrogens with zero attached hydrogens (tertiary/aromatic N) is 2. The van der Waals surface area contributed by atoms with Crippen molar-refractivity contribution in [3.8, 4) is 29.1 Å². The van der Waals surface area contributed by atoms with Crippen LogP contribution in [0.1, 0.15) is 27.8 Å². The fourth-order valence-electron chi connectivity index (χ4n) is 5.20. The molecule has 0 amide bonds. The lowest BCUT2D eigenvalue weighted by atomic mass is 9.80. The van der Waals surface area contributed by atoms with Gasteiger partial charge < -0.3 is 9.47 Å². The first-order valence-corrected chi connectivity index (χ1v) is 11.7. The number of nitro benzene ring substituents is 1. The van der Waals surface area contributed by atoms with Crippen molar-refractivity contribution in [1.82, 2.24) is 0 Å². The summed E-state index contributed by atoms with van der Waals surface area (Å²) < 4.78 is 12.6. The zero-order chi connectivity index (χ0) is 25.1. The normalized spacial score (nSPS) is 14.8. The minimum absolute atomic E-state index is 0.0320. The smallest absolute Gasteiger partial charge is 0.270 e. The highest BCUT2D eigenvalue weighted by Gasteiger charge is 2.33. The third-order valence-electron chi connectivity index (χ3n) is 6.81. The van der Waals surface area contributed by atoms with E-state index >= 15 is 0 Å². The lowest BCUT2D eigenvalue weighted by molar-refractivity contribution is -0.384. The topological polar surface area (TPSA) is 85.4 Å². The van der Waals surface area contributed by atoms with Crippen molar-refractivity contribution in [2.24, 2.45) is 0 Å². The number of ether oxygens (including phenoxy) is 2. The predicted molar refractivity (Wildman–Crippen MR) is 140 cm³/mol. The minimum Gasteiger partial charge on any atom is -0.456 e. The predicted octanol–water partition coefficient (Wildman–Crippen LogP) is 7.84. The van der Waals surface area contributed by atoms with Gasteiger partial charge in [-0.15, -0.1) is 0 Å². The van der Waals surface area contributed by atoms with Gasteiger partial charge in [0.1, 0.15) is 23.0 Å². The molecule has 37 heavy (non-hydrogen) atoms. The molecule has 2 heterocycles. The van der Waals surface area contributed by atoms with Crippen molar-refractivity contribution < 1.29 is 14.4 Å². The molecule has 0 atom stereocenters. The van der Waals surface area contributed by atoms with Crippen LogP contribution >= 0.6 is 0 Å². The fraction of sp³-hybridized carbons (Fsp3) is 0. The highest BCUT2D eigenvalue weighted by atomic mass is 16.6. The number of fused-ring (bicyclic) bond motifs is 6. The van der Waals surface area contributed by atoms with Crippen LogP contribution in [0.25, 0.3) is 21.9 Å². The summed E-state index contributed by atoms with van der Waals surface area (Å²) >= 11 is 0. The van der Waals surface area contributed by atoms with Crippen molar-refractivity contribution in [1.29, 1.82) is 5.26 Å². The molecule has 5 aromatic carbocycles. The maximum Gasteiger partial charge on any atom is 0.270 e. The Labute approximate surface area is 211 Å². The molecule has 6 heteroatoms. The summed E-state index contributed by atoms with van der Waals surface area (Å²) in [6, 6.07) is 31.8. The average Bonchev–Trinajstić information content (AvgIpc) is 2.94. The molecule has 0 saturated heterocycles. The summed E-state index contributed by atoms with van der Waals surface area (Å²) in [7, 11) is 0. The van der Waals surface area contributed by atoms with E-state index in [1.807, 2.05) is 66.7 Å². The molecule has 0 N–H and O–H groups in total. The molecule has 2 aliphatic heterocycles. The van der Waals surface area contributed by atoms with Crippen LogP contribution in [0.3, 0.4) is 0 Å². The molecule has 0 bridgehead atoms. The van der Waals surface area contributed by atoms with Gasteiger partial charge in [-0.3, -0.25) is 10.1 Å². The zero-order valence-electron chi connectivity index (χ0n) is 19.3. The van der Waals surface area contributed by atoms with Gasteiger partial charge in [0.25, 0.3) is 5.69 Å². The Morgan fingerprint density at radius 3 is 2.19 bits per heavy atom. The first-order valence-electron chi connectivity index (χ1n) is 11.7. The van der Waals surface area contributed by atoms with E-state index in [-0.39, 0.29) is 5.69 Å². The highest BCUT2D eigenvalue weighted by molar-refractivity contribution is 6.15. The molecule has 5 aromatic rings. The van der Waals surface area contributed by atoms with E-state index in [1.54, 1.807) is 24.3 Å². The summed E-state index contributed by atoms with van der Waals surface area (Å²) in [6.45, 7) is 0. The second-order valence-corrected chi connectivity index (χ2v) is 8.87. The van der Waals surface area contributed by atoms with Gasteiger partial charge in [-0.1, -0.05) is 48.5 Å². The van der Waals surface area contributed by atoms with Gasteiger partial charge in [-0.05, 0) is 47.2 Å². The van der Waals surface area contributed by atoms with Crippen LogP contribution in [0.15, 0.2) is 97.1 Å². The van der Waals surface area contributed by atoms with Gasteiger partial charge in [0, 0.05) is 45.5 Å². The molecule has 2 aliphatic rings. The third kappa shape index (κ3) is 3.12. The first-order chi connectivity index (χ1) is 18.1. The monoisotopic (exact) mass is 480 g/mol. The highest BCUT2D eigenvalue weighted by Crippen LogP contribution is 2.55. The molecule has 0 radical (unpaired) electrons. The van der Waals surface area contributed by atoms with E-state index < -0.39 is 4.92 Å². The molecule has 0 saturated carbocycles. The summed E-state index contributed by atoms with van der Waals surface area (Å²) in [6.07, 6.45) is 0. The van der Waals surface area contributed by atoms with Crippen LogP contribution in [0.2, 0.25) is 0 Å². The lowest BCUT2D eigenvalue weighted by Gasteiger charge is -2.30. The third-order valence-corrected chi connectivity index (χ3v) is 6.81. The number of hydrogen-bond donors (Lipinski definition) is 0. The average molecular weight is 480 g/mol. The van der Waals surface area contributed by atoms with Crippen LogP contribution < -0.4 is 9.47 Å². The van der Waals surface area contributed by atoms with E-state index in [9.17, 15) is 15.4 Å². The number of rotatable bonds is 1. The number of nitro groups is 1. The van der Waals surface area contributed by atoms with Crippen molar-refractivity contribution in [3.63, 3.8) is 0 Å². The largest absolute Gasteiger partial charge is 0.456 e. The number of para-hydroxylation sites is 1. The molecular weight excluding hydrogens is 464 g/mol. The summed E-state index contributed by atoms with van der Waals surface area (Å²) in [4.78, 5) is 11.4. The molecule has 0 unspecified atom stereocenters. The number of non-ortho nitro benzene ring substituents is 1. The van der Waals surface area contributed by atoms with E-state index in [0.29, 0.717) is 34.1 Å². The first kappa shape index (κ1) is 20.9. The van der Waals surface area contributed by atoms with Gasteiger partial charge in [0.15, 0.2) is 0 Å².